The highest BCUT2D eigenvalue weighted by Gasteiger charge is 2.34. The maximum absolute atomic E-state index is 10.2. The van der Waals surface area contributed by atoms with Gasteiger partial charge in [0.15, 0.2) is 17.4 Å². The molecule has 6 nitrogen and oxygen atoms in total. The number of aldehydes is 1. The van der Waals surface area contributed by atoms with Gasteiger partial charge in [0.05, 0.1) is 33.0 Å². The van der Waals surface area contributed by atoms with Crippen LogP contribution in [0.5, 0.6) is 0 Å². The molecule has 0 aliphatic rings. The third-order valence-corrected chi connectivity index (χ3v) is 3.30. The molecule has 0 rings (SSSR count). The Balaban J connectivity index is 0. The molecule has 0 aromatic heterocycles. The Hall–Kier alpha value is 0.00247. The van der Waals surface area contributed by atoms with Gasteiger partial charge in [-0.25, -0.2) is 0 Å². The Morgan fingerprint density at radius 2 is 1.16 bits per heavy atom. The Morgan fingerprint density at radius 3 is 1.56 bits per heavy atom. The number of hydrogen-bond donors (Lipinski definition) is 0. The molecular formula is C18H39AlO6. The van der Waals surface area contributed by atoms with Crippen LogP contribution in [0.1, 0.15) is 59.3 Å². The zero-order valence-corrected chi connectivity index (χ0v) is 15.7. The lowest BCUT2D eigenvalue weighted by atomic mass is 10.3. The summed E-state index contributed by atoms with van der Waals surface area (Å²) < 4.78 is 28.5. The van der Waals surface area contributed by atoms with Crippen LogP contribution in [0.15, 0.2) is 0 Å². The van der Waals surface area contributed by atoms with E-state index in [1.165, 1.54) is 0 Å². The number of carbonyl (C=O) groups is 1. The molecule has 0 radical (unpaired) electrons. The van der Waals surface area contributed by atoms with Gasteiger partial charge in [0.25, 0.3) is 0 Å². The van der Waals surface area contributed by atoms with Gasteiger partial charge in [-0.2, -0.15) is 0 Å². The van der Waals surface area contributed by atoms with E-state index in [4.69, 9.17) is 23.7 Å². The maximum Gasteiger partial charge on any atom is 0.307 e. The summed E-state index contributed by atoms with van der Waals surface area (Å²) in [7, 11) is 0. The first-order valence-electron chi connectivity index (χ1n) is 9.25. The fourth-order valence-electron chi connectivity index (χ4n) is 1.81. The van der Waals surface area contributed by atoms with Crippen LogP contribution in [0.25, 0.3) is 0 Å². The number of hydrogen-bond acceptors (Lipinski definition) is 6. The topological polar surface area (TPSA) is 63.2 Å². The van der Waals surface area contributed by atoms with Gasteiger partial charge < -0.3 is 28.5 Å². The standard InChI is InChI=1S/C18H36O6.Al.3H/c1-4-7-11-22-18(23-12-8-5-2,24-13-9-6-3)17-21-16-15-20-14-10-19;;;;/h10H,4-9,11-17H2,1-3H3;;;;. The average Bonchev–Trinajstić information content (AvgIpc) is 2.58. The second kappa shape index (κ2) is 20.3. The Morgan fingerprint density at radius 1 is 0.720 bits per heavy atom. The molecule has 0 atom stereocenters. The molecule has 0 aromatic carbocycles. The summed E-state index contributed by atoms with van der Waals surface area (Å²) in [5.41, 5.74) is 0. The van der Waals surface area contributed by atoms with Gasteiger partial charge in [0.1, 0.15) is 19.5 Å². The number of ether oxygens (including phenoxy) is 5. The van der Waals surface area contributed by atoms with E-state index < -0.39 is 5.97 Å². The highest BCUT2D eigenvalue weighted by atomic mass is 27.0. The van der Waals surface area contributed by atoms with Crippen LogP contribution in [0.4, 0.5) is 0 Å². The lowest BCUT2D eigenvalue weighted by molar-refractivity contribution is -0.395. The first-order chi connectivity index (χ1) is 11.7. The minimum absolute atomic E-state index is 0. The molecule has 25 heavy (non-hydrogen) atoms. The third-order valence-electron chi connectivity index (χ3n) is 3.30. The summed E-state index contributed by atoms with van der Waals surface area (Å²) in [6.45, 7) is 9.04. The first-order valence-corrected chi connectivity index (χ1v) is 9.25. The van der Waals surface area contributed by atoms with Crippen molar-refractivity contribution in [2.45, 2.75) is 65.3 Å². The fraction of sp³-hybridized carbons (Fsp3) is 0.944. The number of rotatable bonds is 19. The van der Waals surface area contributed by atoms with Crippen LogP contribution in [0.3, 0.4) is 0 Å². The minimum Gasteiger partial charge on any atom is -0.372 e. The summed E-state index contributed by atoms with van der Waals surface area (Å²) in [5.74, 6) is -1.15. The lowest BCUT2D eigenvalue weighted by Gasteiger charge is -2.33. The molecule has 0 heterocycles. The van der Waals surface area contributed by atoms with Crippen molar-refractivity contribution in [2.75, 3.05) is 46.2 Å². The molecule has 0 bridgehead atoms. The van der Waals surface area contributed by atoms with E-state index in [0.29, 0.717) is 33.0 Å². The molecule has 0 fully saturated rings. The minimum atomic E-state index is -1.15. The number of carbonyl (C=O) groups excluding carboxylic acids is 1. The molecular weight excluding hydrogens is 339 g/mol. The molecule has 0 amide bonds. The van der Waals surface area contributed by atoms with Crippen molar-refractivity contribution in [3.05, 3.63) is 0 Å². The molecule has 0 spiro atoms. The van der Waals surface area contributed by atoms with Crippen molar-refractivity contribution >= 4 is 23.6 Å². The monoisotopic (exact) mass is 378 g/mol. The maximum atomic E-state index is 10.2. The van der Waals surface area contributed by atoms with Crippen LogP contribution in [-0.4, -0.2) is 75.9 Å². The van der Waals surface area contributed by atoms with Crippen LogP contribution in [-0.2, 0) is 28.5 Å². The predicted molar refractivity (Wildman–Crippen MR) is 103 cm³/mol. The summed E-state index contributed by atoms with van der Waals surface area (Å²) in [4.78, 5) is 10.2. The van der Waals surface area contributed by atoms with Crippen molar-refractivity contribution in [2.24, 2.45) is 0 Å². The van der Waals surface area contributed by atoms with Gasteiger partial charge >= 0.3 is 5.97 Å². The average molecular weight is 378 g/mol. The van der Waals surface area contributed by atoms with Crippen LogP contribution >= 0.6 is 0 Å². The predicted octanol–water partition coefficient (Wildman–Crippen LogP) is 2.14. The molecule has 0 saturated heterocycles. The van der Waals surface area contributed by atoms with E-state index in [1.807, 2.05) is 0 Å². The van der Waals surface area contributed by atoms with Crippen molar-refractivity contribution in [1.82, 2.24) is 0 Å². The second-order valence-electron chi connectivity index (χ2n) is 5.58. The van der Waals surface area contributed by atoms with E-state index in [-0.39, 0.29) is 30.6 Å². The van der Waals surface area contributed by atoms with Crippen LogP contribution in [0, 0.1) is 0 Å². The Labute approximate surface area is 164 Å². The molecule has 7 heteroatoms. The quantitative estimate of drug-likeness (QED) is 0.149. The van der Waals surface area contributed by atoms with E-state index in [2.05, 4.69) is 20.8 Å². The normalized spacial score (nSPS) is 11.3. The molecule has 0 saturated carbocycles. The Kier molecular flexibility index (Phi) is 22.1. The summed E-state index contributed by atoms with van der Waals surface area (Å²) in [6, 6.07) is 0. The van der Waals surface area contributed by atoms with E-state index in [1.54, 1.807) is 0 Å². The van der Waals surface area contributed by atoms with Crippen LogP contribution < -0.4 is 0 Å². The van der Waals surface area contributed by atoms with Crippen molar-refractivity contribution in [3.63, 3.8) is 0 Å². The van der Waals surface area contributed by atoms with Gasteiger partial charge in [-0.3, -0.25) is 0 Å². The second-order valence-corrected chi connectivity index (χ2v) is 5.58. The van der Waals surface area contributed by atoms with Crippen LogP contribution in [0.2, 0.25) is 0 Å². The zero-order valence-electron chi connectivity index (χ0n) is 15.7. The molecule has 0 aliphatic heterocycles. The summed E-state index contributed by atoms with van der Waals surface area (Å²) in [5, 5.41) is 0. The lowest BCUT2D eigenvalue weighted by Crippen LogP contribution is -2.45. The largest absolute Gasteiger partial charge is 0.372 e. The summed E-state index contributed by atoms with van der Waals surface area (Å²) >= 11 is 0. The molecule has 0 N–H and O–H groups in total. The molecule has 0 aliphatic carbocycles. The third kappa shape index (κ3) is 15.9. The van der Waals surface area contributed by atoms with Gasteiger partial charge in [-0.15, -0.1) is 0 Å². The number of unbranched alkanes of at least 4 members (excludes halogenated alkanes) is 3. The summed E-state index contributed by atoms with van der Waals surface area (Å²) in [6.07, 6.45) is 6.68. The zero-order chi connectivity index (χ0) is 17.9. The van der Waals surface area contributed by atoms with Crippen molar-refractivity contribution < 1.29 is 28.5 Å². The SMILES string of the molecule is CCCCOC(COCCOCC=O)(OCCCC)OCCCC.[AlH3]. The fourth-order valence-corrected chi connectivity index (χ4v) is 1.81. The van der Waals surface area contributed by atoms with Crippen molar-refractivity contribution in [3.8, 4) is 0 Å². The van der Waals surface area contributed by atoms with Crippen molar-refractivity contribution in [1.29, 1.82) is 0 Å². The van der Waals surface area contributed by atoms with Gasteiger partial charge in [-0.05, 0) is 19.3 Å². The first kappa shape index (κ1) is 27.2. The molecule has 0 aromatic rings. The van der Waals surface area contributed by atoms with E-state index >= 15 is 0 Å². The van der Waals surface area contributed by atoms with Gasteiger partial charge in [0, 0.05) is 0 Å². The van der Waals surface area contributed by atoms with E-state index in [9.17, 15) is 4.79 Å². The highest BCUT2D eigenvalue weighted by molar-refractivity contribution is 5.75. The molecule has 150 valence electrons. The van der Waals surface area contributed by atoms with E-state index in [0.717, 1.165) is 44.8 Å². The smallest absolute Gasteiger partial charge is 0.307 e. The molecule has 0 unspecified atom stereocenters. The van der Waals surface area contributed by atoms with Gasteiger partial charge in [-0.1, -0.05) is 40.0 Å². The highest BCUT2D eigenvalue weighted by Crippen LogP contribution is 2.19. The van der Waals surface area contributed by atoms with Gasteiger partial charge in [0.2, 0.25) is 0 Å². The Bertz CT molecular complexity index is 252.